The number of nitrogens with zero attached hydrogens (tertiary/aromatic N) is 6. The van der Waals surface area contributed by atoms with Gasteiger partial charge in [-0.25, -0.2) is 9.67 Å². The molecule has 186 valence electrons. The van der Waals surface area contributed by atoms with Crippen molar-refractivity contribution in [1.82, 2.24) is 29.1 Å². The first kappa shape index (κ1) is 23.4. The highest BCUT2D eigenvalue weighted by Crippen LogP contribution is 2.54. The van der Waals surface area contributed by atoms with Crippen LogP contribution in [0.2, 0.25) is 0 Å². The minimum atomic E-state index is 0.0514. The summed E-state index contributed by atoms with van der Waals surface area (Å²) in [5.74, 6) is 1.62. The Hall–Kier alpha value is -3.33. The van der Waals surface area contributed by atoms with Gasteiger partial charge in [0, 0.05) is 56.6 Å². The normalized spacial score (nSPS) is 16.2. The zero-order valence-electron chi connectivity index (χ0n) is 21.3. The molecule has 1 aliphatic heterocycles. The number of nitrogens with one attached hydrogen (secondary N) is 1. The third-order valence-corrected chi connectivity index (χ3v) is 6.99. The van der Waals surface area contributed by atoms with E-state index in [1.807, 2.05) is 38.2 Å². The predicted octanol–water partition coefficient (Wildman–Crippen LogP) is 2.85. The van der Waals surface area contributed by atoms with Crippen molar-refractivity contribution < 1.29 is 9.53 Å². The lowest BCUT2D eigenvalue weighted by molar-refractivity contribution is 0.0694. The second-order valence-corrected chi connectivity index (χ2v) is 10.0. The zero-order chi connectivity index (χ0) is 24.7. The Balaban J connectivity index is 1.52. The fourth-order valence-electron chi connectivity index (χ4n) is 5.42. The number of imidazole rings is 1. The van der Waals surface area contributed by atoms with Crippen LogP contribution in [0.3, 0.4) is 0 Å². The number of carbonyl (C=O) groups is 1. The van der Waals surface area contributed by atoms with Crippen molar-refractivity contribution in [3.63, 3.8) is 0 Å². The SMILES string of the molecule is CCOc1cc(CN2CC3(CC3)c3c(CN(C)C)cc(Cn4ccnc4NC)cc3C2=O)nn1C. The molecule has 2 aromatic heterocycles. The number of carbonyl (C=O) groups excluding carboxylic acids is 1. The first-order valence-electron chi connectivity index (χ1n) is 12.3. The zero-order valence-corrected chi connectivity index (χ0v) is 21.3. The molecule has 0 radical (unpaired) electrons. The molecule has 1 aromatic carbocycles. The van der Waals surface area contributed by atoms with Crippen LogP contribution in [0.5, 0.6) is 5.88 Å². The van der Waals surface area contributed by atoms with Crippen LogP contribution in [0.1, 0.15) is 52.5 Å². The minimum absolute atomic E-state index is 0.0514. The van der Waals surface area contributed by atoms with Gasteiger partial charge in [0.15, 0.2) is 0 Å². The lowest BCUT2D eigenvalue weighted by atomic mass is 9.81. The molecule has 0 saturated heterocycles. The van der Waals surface area contributed by atoms with Crippen molar-refractivity contribution in [3.05, 3.63) is 58.5 Å². The molecule has 1 spiro atoms. The number of aryl methyl sites for hydroxylation is 1. The average molecular weight is 478 g/mol. The Kier molecular flexibility index (Phi) is 6.04. The molecule has 3 heterocycles. The van der Waals surface area contributed by atoms with Gasteiger partial charge in [-0.2, -0.15) is 5.10 Å². The summed E-state index contributed by atoms with van der Waals surface area (Å²) in [6, 6.07) is 6.33. The Morgan fingerprint density at radius 3 is 2.69 bits per heavy atom. The standard InChI is InChI=1S/C26H35N7O2/c1-6-35-22-13-20(29-31(22)5)16-33-17-26(7-8-26)23-19(15-30(3)4)11-18(12-21(23)24(33)34)14-32-10-9-28-25(32)27-2/h9-13H,6-8,14-17H2,1-5H3,(H,27,28). The van der Waals surface area contributed by atoms with Gasteiger partial charge in [0.1, 0.15) is 0 Å². The van der Waals surface area contributed by atoms with Gasteiger partial charge in [0.05, 0.1) is 25.4 Å². The Morgan fingerprint density at radius 1 is 1.20 bits per heavy atom. The molecule has 0 atom stereocenters. The fourth-order valence-corrected chi connectivity index (χ4v) is 5.42. The largest absolute Gasteiger partial charge is 0.478 e. The van der Waals surface area contributed by atoms with E-state index in [9.17, 15) is 4.79 Å². The second kappa shape index (κ2) is 9.03. The van der Waals surface area contributed by atoms with E-state index in [0.29, 0.717) is 19.7 Å². The van der Waals surface area contributed by atoms with Gasteiger partial charge in [0.2, 0.25) is 11.8 Å². The fraction of sp³-hybridized carbons (Fsp3) is 0.500. The van der Waals surface area contributed by atoms with E-state index in [1.165, 1.54) is 11.1 Å². The molecule has 1 N–H and O–H groups in total. The van der Waals surface area contributed by atoms with Crippen molar-refractivity contribution >= 4 is 11.9 Å². The quantitative estimate of drug-likeness (QED) is 0.511. The lowest BCUT2D eigenvalue weighted by Gasteiger charge is -2.36. The predicted molar refractivity (Wildman–Crippen MR) is 135 cm³/mol. The van der Waals surface area contributed by atoms with Gasteiger partial charge in [-0.1, -0.05) is 6.07 Å². The van der Waals surface area contributed by atoms with Crippen LogP contribution in [0.15, 0.2) is 30.6 Å². The Labute approximate surface area is 206 Å². The van der Waals surface area contributed by atoms with Crippen LogP contribution in [-0.2, 0) is 32.1 Å². The van der Waals surface area contributed by atoms with Crippen LogP contribution in [0.25, 0.3) is 0 Å². The van der Waals surface area contributed by atoms with E-state index in [-0.39, 0.29) is 11.3 Å². The molecule has 9 nitrogen and oxygen atoms in total. The molecule has 9 heteroatoms. The Morgan fingerprint density at radius 2 is 2.00 bits per heavy atom. The third-order valence-electron chi connectivity index (χ3n) is 6.99. The van der Waals surface area contributed by atoms with E-state index in [4.69, 9.17) is 4.74 Å². The number of fused-ring (bicyclic) bond motifs is 2. The van der Waals surface area contributed by atoms with Crippen LogP contribution in [0.4, 0.5) is 5.95 Å². The summed E-state index contributed by atoms with van der Waals surface area (Å²) in [4.78, 5) is 22.4. The van der Waals surface area contributed by atoms with Crippen molar-refractivity contribution in [3.8, 4) is 5.88 Å². The van der Waals surface area contributed by atoms with Crippen LogP contribution >= 0.6 is 0 Å². The minimum Gasteiger partial charge on any atom is -0.478 e. The molecule has 5 rings (SSSR count). The maximum atomic E-state index is 13.9. The molecule has 2 aliphatic rings. The number of hydrogen-bond acceptors (Lipinski definition) is 6. The molecule has 1 amide bonds. The van der Waals surface area contributed by atoms with E-state index < -0.39 is 0 Å². The molecule has 0 unspecified atom stereocenters. The van der Waals surface area contributed by atoms with Crippen molar-refractivity contribution in [2.45, 2.75) is 44.8 Å². The molecule has 3 aromatic rings. The number of anilines is 1. The topological polar surface area (TPSA) is 80.5 Å². The molecule has 1 aliphatic carbocycles. The first-order chi connectivity index (χ1) is 16.8. The third kappa shape index (κ3) is 4.40. The van der Waals surface area contributed by atoms with Gasteiger partial charge in [-0.15, -0.1) is 0 Å². The van der Waals surface area contributed by atoms with Gasteiger partial charge < -0.3 is 24.4 Å². The van der Waals surface area contributed by atoms with Crippen LogP contribution < -0.4 is 10.1 Å². The van der Waals surface area contributed by atoms with Crippen LogP contribution in [0, 0.1) is 0 Å². The maximum absolute atomic E-state index is 13.9. The Bertz CT molecular complexity index is 1240. The molecule has 35 heavy (non-hydrogen) atoms. The average Bonchev–Trinajstić information content (AvgIpc) is 3.27. The summed E-state index contributed by atoms with van der Waals surface area (Å²) in [5.41, 5.74) is 5.37. The summed E-state index contributed by atoms with van der Waals surface area (Å²) >= 11 is 0. The van der Waals surface area contributed by atoms with Crippen molar-refractivity contribution in [2.75, 3.05) is 39.6 Å². The van der Waals surface area contributed by atoms with Crippen molar-refractivity contribution in [2.24, 2.45) is 7.05 Å². The van der Waals surface area contributed by atoms with E-state index in [0.717, 1.165) is 54.6 Å². The number of benzene rings is 1. The van der Waals surface area contributed by atoms with Gasteiger partial charge in [-0.3, -0.25) is 4.79 Å². The van der Waals surface area contributed by atoms with Gasteiger partial charge in [-0.05, 0) is 56.6 Å². The smallest absolute Gasteiger partial charge is 0.254 e. The number of rotatable bonds is 9. The highest BCUT2D eigenvalue weighted by atomic mass is 16.5. The van der Waals surface area contributed by atoms with Gasteiger partial charge >= 0.3 is 0 Å². The summed E-state index contributed by atoms with van der Waals surface area (Å²) in [5, 5.41) is 7.74. The summed E-state index contributed by atoms with van der Waals surface area (Å²) in [6.45, 7) is 5.24. The highest BCUT2D eigenvalue weighted by molar-refractivity contribution is 5.98. The molecule has 1 fully saturated rings. The number of ether oxygens (including phenoxy) is 1. The van der Waals surface area contributed by atoms with E-state index >= 15 is 0 Å². The van der Waals surface area contributed by atoms with E-state index in [2.05, 4.69) is 51.1 Å². The maximum Gasteiger partial charge on any atom is 0.254 e. The number of aromatic nitrogens is 4. The van der Waals surface area contributed by atoms with E-state index in [1.54, 1.807) is 10.9 Å². The first-order valence-corrected chi connectivity index (χ1v) is 12.3. The molecular weight excluding hydrogens is 442 g/mol. The number of amides is 1. The lowest BCUT2D eigenvalue weighted by Crippen LogP contribution is -2.44. The number of hydrogen-bond donors (Lipinski definition) is 1. The molecular formula is C26H35N7O2. The summed E-state index contributed by atoms with van der Waals surface area (Å²) in [6.07, 6.45) is 5.98. The van der Waals surface area contributed by atoms with Crippen molar-refractivity contribution in [1.29, 1.82) is 0 Å². The molecule has 0 bridgehead atoms. The summed E-state index contributed by atoms with van der Waals surface area (Å²) in [7, 11) is 7.92. The van der Waals surface area contributed by atoms with Gasteiger partial charge in [0.25, 0.3) is 5.91 Å². The second-order valence-electron chi connectivity index (χ2n) is 10.0. The van der Waals surface area contributed by atoms with Crippen LogP contribution in [-0.4, -0.2) is 69.3 Å². The monoisotopic (exact) mass is 477 g/mol. The molecule has 1 saturated carbocycles. The highest BCUT2D eigenvalue weighted by Gasteiger charge is 2.52. The summed E-state index contributed by atoms with van der Waals surface area (Å²) < 4.78 is 9.47.